The van der Waals surface area contributed by atoms with Gasteiger partial charge in [-0.05, 0) is 12.1 Å². The highest BCUT2D eigenvalue weighted by Crippen LogP contribution is 2.20. The third kappa shape index (κ3) is 2.37. The largest absolute Gasteiger partial charge is 0.299 e. The normalized spacial score (nSPS) is 22.6. The van der Waals surface area contributed by atoms with Crippen LogP contribution in [0.5, 0.6) is 0 Å². The highest BCUT2D eigenvalue weighted by molar-refractivity contribution is 7.89. The van der Waals surface area contributed by atoms with Crippen LogP contribution in [0, 0.1) is 5.92 Å². The van der Waals surface area contributed by atoms with Gasteiger partial charge in [0.1, 0.15) is 10.7 Å². The predicted molar refractivity (Wildman–Crippen MR) is 61.8 cm³/mol. The average Bonchev–Trinajstić information content (AvgIpc) is 2.33. The summed E-state index contributed by atoms with van der Waals surface area (Å²) in [4.78, 5) is 15.4. The van der Waals surface area contributed by atoms with Crippen LogP contribution in [0.15, 0.2) is 29.4 Å². The molecular formula is C11H14N2O3S. The van der Waals surface area contributed by atoms with Crippen LogP contribution in [-0.2, 0) is 14.8 Å². The summed E-state index contributed by atoms with van der Waals surface area (Å²) in [7, 11) is -3.50. The predicted octanol–water partition coefficient (Wildman–Crippen LogP) is 0.681. The van der Waals surface area contributed by atoms with E-state index in [2.05, 4.69) is 4.98 Å². The number of sulfonamides is 1. The smallest absolute Gasteiger partial charge is 0.244 e. The Morgan fingerprint density at radius 2 is 2.24 bits per heavy atom. The number of hydrogen-bond acceptors (Lipinski definition) is 4. The summed E-state index contributed by atoms with van der Waals surface area (Å²) in [5.74, 6) is -0.0992. The molecule has 17 heavy (non-hydrogen) atoms. The van der Waals surface area contributed by atoms with Crippen LogP contribution in [0.3, 0.4) is 0 Å². The molecule has 0 spiro atoms. The molecule has 1 unspecified atom stereocenters. The summed E-state index contributed by atoms with van der Waals surface area (Å²) in [6.07, 6.45) is 3.15. The minimum atomic E-state index is -3.50. The van der Waals surface area contributed by atoms with Gasteiger partial charge in [0.15, 0.2) is 0 Å². The molecule has 92 valence electrons. The molecular weight excluding hydrogens is 240 g/mol. The molecule has 1 aromatic heterocycles. The molecule has 0 saturated carbocycles. The van der Waals surface area contributed by atoms with Gasteiger partial charge < -0.3 is 0 Å². The number of nitrogens with zero attached hydrogens (tertiary/aromatic N) is 2. The third-order valence-corrected chi connectivity index (χ3v) is 4.76. The van der Waals surface area contributed by atoms with Gasteiger partial charge in [-0.2, -0.15) is 4.31 Å². The molecule has 0 amide bonds. The molecule has 0 aliphatic carbocycles. The van der Waals surface area contributed by atoms with E-state index >= 15 is 0 Å². The molecule has 0 bridgehead atoms. The van der Waals surface area contributed by atoms with Crippen LogP contribution in [-0.4, -0.2) is 36.6 Å². The van der Waals surface area contributed by atoms with E-state index in [0.717, 1.165) is 0 Å². The van der Waals surface area contributed by atoms with Crippen LogP contribution >= 0.6 is 0 Å². The Labute approximate surface area is 101 Å². The number of pyridine rings is 1. The lowest BCUT2D eigenvalue weighted by Crippen LogP contribution is -2.43. The first kappa shape index (κ1) is 12.2. The number of Topliss-reactive ketones (excluding diaryl/α,β-unsaturated/α-hetero) is 1. The van der Waals surface area contributed by atoms with E-state index in [1.165, 1.54) is 22.8 Å². The van der Waals surface area contributed by atoms with Crippen molar-refractivity contribution < 1.29 is 13.2 Å². The van der Waals surface area contributed by atoms with Gasteiger partial charge in [-0.1, -0.05) is 6.92 Å². The van der Waals surface area contributed by atoms with Crippen molar-refractivity contribution in [1.82, 2.24) is 9.29 Å². The third-order valence-electron chi connectivity index (χ3n) is 2.91. The monoisotopic (exact) mass is 254 g/mol. The molecule has 2 heterocycles. The lowest BCUT2D eigenvalue weighted by atomic mass is 10.0. The van der Waals surface area contributed by atoms with Gasteiger partial charge in [-0.15, -0.1) is 0 Å². The second-order valence-corrected chi connectivity index (χ2v) is 6.11. The van der Waals surface area contributed by atoms with Gasteiger partial charge in [0.2, 0.25) is 10.0 Å². The number of ketones is 1. The van der Waals surface area contributed by atoms with Crippen LogP contribution < -0.4 is 0 Å². The Kier molecular flexibility index (Phi) is 3.26. The fourth-order valence-corrected chi connectivity index (χ4v) is 3.34. The second-order valence-electron chi connectivity index (χ2n) is 4.17. The van der Waals surface area contributed by atoms with E-state index in [0.29, 0.717) is 6.42 Å². The number of hydrogen-bond donors (Lipinski definition) is 0. The van der Waals surface area contributed by atoms with E-state index in [4.69, 9.17) is 0 Å². The van der Waals surface area contributed by atoms with Gasteiger partial charge >= 0.3 is 0 Å². The van der Waals surface area contributed by atoms with Gasteiger partial charge in [0.25, 0.3) is 0 Å². The molecule has 1 saturated heterocycles. The van der Waals surface area contributed by atoms with Crippen LogP contribution in [0.25, 0.3) is 0 Å². The number of piperidine rings is 1. The van der Waals surface area contributed by atoms with Crippen molar-refractivity contribution in [3.8, 4) is 0 Å². The molecule has 2 rings (SSSR count). The van der Waals surface area contributed by atoms with Gasteiger partial charge in [0, 0.05) is 37.8 Å². The van der Waals surface area contributed by atoms with E-state index in [1.807, 2.05) is 0 Å². The van der Waals surface area contributed by atoms with Gasteiger partial charge in [0.05, 0.1) is 0 Å². The maximum atomic E-state index is 12.2. The van der Waals surface area contributed by atoms with Crippen molar-refractivity contribution >= 4 is 15.8 Å². The Bertz CT molecular complexity index is 513. The molecule has 1 aromatic rings. The molecule has 1 atom stereocenters. The fraction of sp³-hybridized carbons (Fsp3) is 0.455. The molecule has 6 heteroatoms. The SMILES string of the molecule is CC1CN(S(=O)(=O)c2cccnc2)CCC1=O. The highest BCUT2D eigenvalue weighted by atomic mass is 32.2. The Morgan fingerprint density at radius 3 is 2.82 bits per heavy atom. The Morgan fingerprint density at radius 1 is 1.47 bits per heavy atom. The zero-order valence-electron chi connectivity index (χ0n) is 9.54. The van der Waals surface area contributed by atoms with Crippen LogP contribution in [0.2, 0.25) is 0 Å². The van der Waals surface area contributed by atoms with E-state index in [-0.39, 0.29) is 29.7 Å². The zero-order chi connectivity index (χ0) is 12.5. The first-order chi connectivity index (χ1) is 8.01. The molecule has 0 radical (unpaired) electrons. The van der Waals surface area contributed by atoms with Gasteiger partial charge in [-0.3, -0.25) is 9.78 Å². The molecule has 5 nitrogen and oxygen atoms in total. The number of aromatic nitrogens is 1. The number of rotatable bonds is 2. The second kappa shape index (κ2) is 4.54. The Balaban J connectivity index is 2.26. The maximum absolute atomic E-state index is 12.2. The zero-order valence-corrected chi connectivity index (χ0v) is 10.4. The van der Waals surface area contributed by atoms with Crippen molar-refractivity contribution in [2.75, 3.05) is 13.1 Å². The summed E-state index contributed by atoms with van der Waals surface area (Å²) in [5.41, 5.74) is 0. The van der Waals surface area contributed by atoms with Crippen molar-refractivity contribution in [2.45, 2.75) is 18.2 Å². The van der Waals surface area contributed by atoms with Crippen LogP contribution in [0.4, 0.5) is 0 Å². The van der Waals surface area contributed by atoms with Crippen molar-refractivity contribution in [3.05, 3.63) is 24.5 Å². The van der Waals surface area contributed by atoms with Gasteiger partial charge in [-0.25, -0.2) is 8.42 Å². The van der Waals surface area contributed by atoms with Crippen LogP contribution in [0.1, 0.15) is 13.3 Å². The average molecular weight is 254 g/mol. The molecule has 1 aliphatic heterocycles. The maximum Gasteiger partial charge on any atom is 0.244 e. The summed E-state index contributed by atoms with van der Waals surface area (Å²) < 4.78 is 25.8. The minimum absolute atomic E-state index is 0.127. The lowest BCUT2D eigenvalue weighted by Gasteiger charge is -2.28. The van der Waals surface area contributed by atoms with Crippen molar-refractivity contribution in [3.63, 3.8) is 0 Å². The summed E-state index contributed by atoms with van der Waals surface area (Å²) in [5, 5.41) is 0. The summed E-state index contributed by atoms with van der Waals surface area (Å²) >= 11 is 0. The van der Waals surface area contributed by atoms with E-state index < -0.39 is 10.0 Å². The van der Waals surface area contributed by atoms with Crippen molar-refractivity contribution in [2.24, 2.45) is 5.92 Å². The first-order valence-electron chi connectivity index (χ1n) is 5.44. The summed E-state index contributed by atoms with van der Waals surface area (Å²) in [6.45, 7) is 2.28. The molecule has 1 aliphatic rings. The number of carbonyl (C=O) groups is 1. The standard InChI is InChI=1S/C11H14N2O3S/c1-9-8-13(6-4-11(9)14)17(15,16)10-3-2-5-12-7-10/h2-3,5,7,9H,4,6,8H2,1H3. The highest BCUT2D eigenvalue weighted by Gasteiger charge is 2.32. The van der Waals surface area contributed by atoms with Crippen molar-refractivity contribution in [1.29, 1.82) is 0 Å². The number of carbonyl (C=O) groups excluding carboxylic acids is 1. The lowest BCUT2D eigenvalue weighted by molar-refractivity contribution is -0.124. The Hall–Kier alpha value is -1.27. The first-order valence-corrected chi connectivity index (χ1v) is 6.88. The minimum Gasteiger partial charge on any atom is -0.299 e. The van der Waals surface area contributed by atoms with E-state index in [9.17, 15) is 13.2 Å². The quantitative estimate of drug-likeness (QED) is 0.778. The fourth-order valence-electron chi connectivity index (χ4n) is 1.85. The molecule has 1 fully saturated rings. The van der Waals surface area contributed by atoms with E-state index in [1.54, 1.807) is 13.0 Å². The molecule has 0 N–H and O–H groups in total. The topological polar surface area (TPSA) is 67.3 Å². The molecule has 0 aromatic carbocycles. The summed E-state index contributed by atoms with van der Waals surface area (Å²) in [6, 6.07) is 3.11.